The molecule has 0 radical (unpaired) electrons. The monoisotopic (exact) mass is 329 g/mol. The molecule has 0 aliphatic heterocycles. The number of ether oxygens (including phenoxy) is 1. The Balaban J connectivity index is 2.15. The number of methoxy groups -OCH3 is 1. The summed E-state index contributed by atoms with van der Waals surface area (Å²) in [7, 11) is 3.62. The topological polar surface area (TPSA) is 29.5 Å². The van der Waals surface area contributed by atoms with E-state index in [1.807, 2.05) is 0 Å². The maximum Gasteiger partial charge on any atom is 0.305 e. The lowest BCUT2D eigenvalue weighted by Crippen LogP contribution is -2.46. The Morgan fingerprint density at radius 1 is 1.08 bits per heavy atom. The first-order valence-corrected chi connectivity index (χ1v) is 9.10. The van der Waals surface area contributed by atoms with Crippen molar-refractivity contribution in [3.8, 4) is 0 Å². The van der Waals surface area contributed by atoms with Crippen molar-refractivity contribution in [2.24, 2.45) is 5.41 Å². The SMILES string of the molecule is CCCCCN(C)C1(CCC(=O)OC)C=CC2(C=CCC=C2)C=C1. The summed E-state index contributed by atoms with van der Waals surface area (Å²) >= 11 is 0. The van der Waals surface area contributed by atoms with E-state index in [4.69, 9.17) is 4.74 Å². The molecule has 0 aromatic carbocycles. The van der Waals surface area contributed by atoms with Gasteiger partial charge in [-0.2, -0.15) is 0 Å². The van der Waals surface area contributed by atoms with Crippen LogP contribution in [0.4, 0.5) is 0 Å². The van der Waals surface area contributed by atoms with Crippen LogP contribution in [0.2, 0.25) is 0 Å². The van der Waals surface area contributed by atoms with Crippen LogP contribution >= 0.6 is 0 Å². The fourth-order valence-corrected chi connectivity index (χ4v) is 3.41. The van der Waals surface area contributed by atoms with Crippen molar-refractivity contribution in [1.29, 1.82) is 0 Å². The predicted octanol–water partition coefficient (Wildman–Crippen LogP) is 4.43. The first-order valence-electron chi connectivity index (χ1n) is 9.10. The van der Waals surface area contributed by atoms with Crippen LogP contribution in [0.1, 0.15) is 45.4 Å². The summed E-state index contributed by atoms with van der Waals surface area (Å²) in [6.07, 6.45) is 23.8. The van der Waals surface area contributed by atoms with Gasteiger partial charge in [0.25, 0.3) is 0 Å². The molecule has 1 spiro atoms. The molecule has 0 fully saturated rings. The molecule has 0 heterocycles. The summed E-state index contributed by atoms with van der Waals surface area (Å²) < 4.78 is 4.85. The average Bonchev–Trinajstić information content (AvgIpc) is 2.62. The van der Waals surface area contributed by atoms with Gasteiger partial charge in [-0.25, -0.2) is 0 Å². The molecule has 0 bridgehead atoms. The molecule has 24 heavy (non-hydrogen) atoms. The molecule has 3 nitrogen and oxygen atoms in total. The molecular weight excluding hydrogens is 298 g/mol. The van der Waals surface area contributed by atoms with Gasteiger partial charge in [0.2, 0.25) is 0 Å². The lowest BCUT2D eigenvalue weighted by molar-refractivity contribution is -0.141. The average molecular weight is 329 g/mol. The molecule has 0 aromatic rings. The number of likely N-dealkylation sites (N-methyl/N-ethyl adjacent to an activating group) is 1. The number of nitrogens with zero attached hydrogens (tertiary/aromatic N) is 1. The Bertz CT molecular complexity index is 514. The molecule has 2 aliphatic carbocycles. The van der Waals surface area contributed by atoms with Crippen LogP contribution < -0.4 is 0 Å². The lowest BCUT2D eigenvalue weighted by Gasteiger charge is -2.41. The highest BCUT2D eigenvalue weighted by molar-refractivity contribution is 5.69. The molecule has 0 N–H and O–H groups in total. The third-order valence-electron chi connectivity index (χ3n) is 5.17. The second-order valence-corrected chi connectivity index (χ2v) is 6.90. The largest absolute Gasteiger partial charge is 0.469 e. The zero-order valence-electron chi connectivity index (χ0n) is 15.3. The molecule has 0 aromatic heterocycles. The maximum absolute atomic E-state index is 11.7. The summed E-state index contributed by atoms with van der Waals surface area (Å²) in [6.45, 7) is 3.25. The number of allylic oxidation sites excluding steroid dienone is 6. The first-order chi connectivity index (χ1) is 11.6. The van der Waals surface area contributed by atoms with Gasteiger partial charge >= 0.3 is 5.97 Å². The quantitative estimate of drug-likeness (QED) is 0.375. The van der Waals surface area contributed by atoms with E-state index in [1.54, 1.807) is 0 Å². The van der Waals surface area contributed by atoms with E-state index in [1.165, 1.54) is 26.4 Å². The zero-order valence-corrected chi connectivity index (χ0v) is 15.3. The van der Waals surface area contributed by atoms with Crippen LogP contribution in [0.25, 0.3) is 0 Å². The normalized spacial score (nSPS) is 20.0. The molecule has 132 valence electrons. The van der Waals surface area contributed by atoms with Crippen LogP contribution in [0, 0.1) is 5.41 Å². The van der Waals surface area contributed by atoms with Crippen molar-refractivity contribution in [3.63, 3.8) is 0 Å². The zero-order chi connectivity index (χ0) is 17.5. The second-order valence-electron chi connectivity index (χ2n) is 6.90. The Labute approximate surface area is 146 Å². The van der Waals surface area contributed by atoms with Gasteiger partial charge in [-0.05, 0) is 32.9 Å². The van der Waals surface area contributed by atoms with Crippen LogP contribution in [-0.4, -0.2) is 37.1 Å². The highest BCUT2D eigenvalue weighted by Crippen LogP contribution is 2.38. The lowest BCUT2D eigenvalue weighted by atomic mass is 9.75. The van der Waals surface area contributed by atoms with Crippen molar-refractivity contribution < 1.29 is 9.53 Å². The fraction of sp³-hybridized carbons (Fsp3) is 0.571. The van der Waals surface area contributed by atoms with Crippen LogP contribution in [0.15, 0.2) is 48.6 Å². The molecule has 2 aliphatic rings. The van der Waals surface area contributed by atoms with E-state index in [2.05, 4.69) is 67.5 Å². The van der Waals surface area contributed by atoms with E-state index < -0.39 is 0 Å². The Kier molecular flexibility index (Phi) is 6.61. The summed E-state index contributed by atoms with van der Waals surface area (Å²) in [5, 5.41) is 0. The van der Waals surface area contributed by atoms with Gasteiger partial charge in [0.05, 0.1) is 12.6 Å². The number of esters is 1. The summed E-state index contributed by atoms with van der Waals surface area (Å²) in [6, 6.07) is 0. The molecular formula is C21H31NO2. The summed E-state index contributed by atoms with van der Waals surface area (Å²) in [5.41, 5.74) is -0.288. The minimum atomic E-state index is -0.202. The predicted molar refractivity (Wildman–Crippen MR) is 99.7 cm³/mol. The highest BCUT2D eigenvalue weighted by atomic mass is 16.5. The third kappa shape index (κ3) is 4.47. The molecule has 2 rings (SSSR count). The van der Waals surface area contributed by atoms with E-state index in [-0.39, 0.29) is 16.9 Å². The number of unbranched alkanes of at least 4 members (excludes halogenated alkanes) is 2. The molecule has 0 saturated heterocycles. The molecule has 0 unspecified atom stereocenters. The van der Waals surface area contributed by atoms with Gasteiger partial charge in [-0.3, -0.25) is 9.69 Å². The maximum atomic E-state index is 11.7. The molecule has 0 amide bonds. The molecule has 0 atom stereocenters. The Hall–Kier alpha value is -1.61. The second kappa shape index (κ2) is 8.48. The van der Waals surface area contributed by atoms with Gasteiger partial charge in [0.1, 0.15) is 0 Å². The van der Waals surface area contributed by atoms with Gasteiger partial charge in [0, 0.05) is 11.8 Å². The van der Waals surface area contributed by atoms with Crippen molar-refractivity contribution in [3.05, 3.63) is 48.6 Å². The van der Waals surface area contributed by atoms with Crippen molar-refractivity contribution >= 4 is 5.97 Å². The fourth-order valence-electron chi connectivity index (χ4n) is 3.41. The number of carbonyl (C=O) groups is 1. The van der Waals surface area contributed by atoms with Crippen LogP contribution in [0.5, 0.6) is 0 Å². The van der Waals surface area contributed by atoms with E-state index in [0.29, 0.717) is 6.42 Å². The van der Waals surface area contributed by atoms with E-state index >= 15 is 0 Å². The molecule has 0 saturated carbocycles. The van der Waals surface area contributed by atoms with E-state index in [0.717, 1.165) is 19.4 Å². The first kappa shape index (κ1) is 18.7. The third-order valence-corrected chi connectivity index (χ3v) is 5.17. The van der Waals surface area contributed by atoms with E-state index in [9.17, 15) is 4.79 Å². The minimum absolute atomic E-state index is 0.0860. The van der Waals surface area contributed by atoms with Crippen molar-refractivity contribution in [2.45, 2.75) is 51.0 Å². The summed E-state index contributed by atoms with van der Waals surface area (Å²) in [4.78, 5) is 14.0. The van der Waals surface area contributed by atoms with Gasteiger partial charge in [-0.1, -0.05) is 68.4 Å². The van der Waals surface area contributed by atoms with Gasteiger partial charge < -0.3 is 4.74 Å². The van der Waals surface area contributed by atoms with Crippen molar-refractivity contribution in [1.82, 2.24) is 4.90 Å². The number of hydrogen-bond donors (Lipinski definition) is 0. The number of rotatable bonds is 8. The highest BCUT2D eigenvalue weighted by Gasteiger charge is 2.35. The minimum Gasteiger partial charge on any atom is -0.469 e. The molecule has 3 heteroatoms. The smallest absolute Gasteiger partial charge is 0.305 e. The number of carbonyl (C=O) groups excluding carboxylic acids is 1. The van der Waals surface area contributed by atoms with Gasteiger partial charge in [-0.15, -0.1) is 0 Å². The van der Waals surface area contributed by atoms with Crippen LogP contribution in [0.3, 0.4) is 0 Å². The number of hydrogen-bond acceptors (Lipinski definition) is 3. The van der Waals surface area contributed by atoms with Crippen molar-refractivity contribution in [2.75, 3.05) is 20.7 Å². The Morgan fingerprint density at radius 2 is 1.75 bits per heavy atom. The van der Waals surface area contributed by atoms with Gasteiger partial charge in [0.15, 0.2) is 0 Å². The van der Waals surface area contributed by atoms with Crippen LogP contribution in [-0.2, 0) is 9.53 Å². The Morgan fingerprint density at radius 3 is 2.33 bits per heavy atom. The standard InChI is InChI=1S/C21H31NO2/c1-4-5-9-18-22(2)21(13-10-19(23)24-3)16-14-20(15-17-21)11-7-6-8-12-20/h7-8,11-12,14-17H,4-6,9-10,13,18H2,1-3H3. The summed E-state index contributed by atoms with van der Waals surface area (Å²) in [5.74, 6) is -0.143.